The van der Waals surface area contributed by atoms with Gasteiger partial charge >= 0.3 is 5.97 Å². The van der Waals surface area contributed by atoms with Crippen LogP contribution in [0.4, 0.5) is 0 Å². The molecule has 0 aliphatic heterocycles. The standard InChI is InChI=1S/C27H53N9O10/c28-10-4-1-7-16(31)22(40)34-19(13-37)25(43)32-17(8-2-5-11-29)23(41)35-20(14-38)26(44)33-18(9-3-6-12-30)24(42)36-21(15-39)27(45)46/h16-21,37-39H,1-15,28-31H2,(H,32,43)(H,33,44)(H,34,40)(H,35,41)(H,36,42)(H,45,46)/t16-,17-,18-,19-,20-,21-/m0/s1. The van der Waals surface area contributed by atoms with Gasteiger partial charge in [-0.15, -0.1) is 0 Å². The molecule has 0 saturated carbocycles. The number of nitrogens with one attached hydrogen (secondary N) is 5. The maximum atomic E-state index is 13.2. The Morgan fingerprint density at radius 2 is 0.761 bits per heavy atom. The fourth-order valence-electron chi connectivity index (χ4n) is 4.10. The first-order valence-electron chi connectivity index (χ1n) is 15.3. The molecule has 19 heteroatoms. The van der Waals surface area contributed by atoms with Crippen molar-refractivity contribution in [1.29, 1.82) is 0 Å². The molecule has 0 heterocycles. The van der Waals surface area contributed by atoms with Crippen LogP contribution >= 0.6 is 0 Å². The van der Waals surface area contributed by atoms with Gasteiger partial charge in [0.25, 0.3) is 0 Å². The minimum Gasteiger partial charge on any atom is -0.480 e. The van der Waals surface area contributed by atoms with Crippen molar-refractivity contribution in [3.63, 3.8) is 0 Å². The Morgan fingerprint density at radius 3 is 1.11 bits per heavy atom. The van der Waals surface area contributed by atoms with E-state index >= 15 is 0 Å². The largest absolute Gasteiger partial charge is 0.480 e. The van der Waals surface area contributed by atoms with Crippen molar-refractivity contribution < 1.29 is 49.2 Å². The van der Waals surface area contributed by atoms with Crippen LogP contribution in [0.2, 0.25) is 0 Å². The van der Waals surface area contributed by atoms with E-state index in [0.717, 1.165) is 0 Å². The SMILES string of the molecule is NCCCC[C@H](NC(=O)[C@H](CO)NC(=O)[C@H](CCCCN)NC(=O)[C@H](CO)NC(=O)[C@@H](N)CCCCN)C(=O)N[C@@H](CO)C(=O)O. The summed E-state index contributed by atoms with van der Waals surface area (Å²) >= 11 is 0. The van der Waals surface area contributed by atoms with Crippen LogP contribution in [0.3, 0.4) is 0 Å². The number of carbonyl (C=O) groups excluding carboxylic acids is 5. The number of carboxylic acids is 1. The molecule has 5 amide bonds. The minimum absolute atomic E-state index is 0.0291. The topological polar surface area (TPSA) is 348 Å². The minimum atomic E-state index is -1.63. The molecule has 266 valence electrons. The number of nitrogens with two attached hydrogens (primary N) is 4. The normalized spacial score (nSPS) is 14.9. The van der Waals surface area contributed by atoms with Gasteiger partial charge in [-0.25, -0.2) is 4.79 Å². The number of rotatable bonds is 26. The first kappa shape index (κ1) is 42.5. The molecule has 0 aliphatic carbocycles. The monoisotopic (exact) mass is 663 g/mol. The summed E-state index contributed by atoms with van der Waals surface area (Å²) < 4.78 is 0. The molecular weight excluding hydrogens is 610 g/mol. The molecule has 0 aromatic carbocycles. The van der Waals surface area contributed by atoms with Crippen LogP contribution in [0.25, 0.3) is 0 Å². The molecule has 0 fully saturated rings. The molecule has 0 aliphatic rings. The third-order valence-electron chi connectivity index (χ3n) is 6.89. The van der Waals surface area contributed by atoms with Crippen molar-refractivity contribution in [2.75, 3.05) is 39.5 Å². The Bertz CT molecular complexity index is 959. The molecule has 0 unspecified atom stereocenters. The van der Waals surface area contributed by atoms with Gasteiger partial charge < -0.3 is 69.9 Å². The van der Waals surface area contributed by atoms with Crippen LogP contribution in [0, 0.1) is 0 Å². The van der Waals surface area contributed by atoms with Gasteiger partial charge in [0.15, 0.2) is 0 Å². The van der Waals surface area contributed by atoms with Crippen molar-refractivity contribution in [2.45, 2.75) is 94.0 Å². The molecule has 0 bridgehead atoms. The second-order valence-corrected chi connectivity index (χ2v) is 10.7. The second-order valence-electron chi connectivity index (χ2n) is 10.7. The highest BCUT2D eigenvalue weighted by Crippen LogP contribution is 2.06. The molecule has 6 atom stereocenters. The molecule has 0 aromatic heterocycles. The molecule has 19 nitrogen and oxygen atoms in total. The summed E-state index contributed by atoms with van der Waals surface area (Å²) in [6.07, 6.45) is 3.28. The molecule has 0 aromatic rings. The quantitative estimate of drug-likeness (QED) is 0.0383. The maximum absolute atomic E-state index is 13.2. The average molecular weight is 664 g/mol. The van der Waals surface area contributed by atoms with Crippen molar-refractivity contribution in [3.8, 4) is 0 Å². The van der Waals surface area contributed by atoms with E-state index in [0.29, 0.717) is 51.5 Å². The van der Waals surface area contributed by atoms with Gasteiger partial charge in [0.1, 0.15) is 30.2 Å². The number of aliphatic hydroxyl groups is 3. The molecular formula is C27H53N9O10. The van der Waals surface area contributed by atoms with Gasteiger partial charge in [-0.3, -0.25) is 24.0 Å². The molecule has 0 spiro atoms. The Hall–Kier alpha value is -3.46. The predicted molar refractivity (Wildman–Crippen MR) is 165 cm³/mol. The number of unbranched alkanes of at least 4 members (excludes halogenated alkanes) is 3. The second kappa shape index (κ2) is 24.7. The van der Waals surface area contributed by atoms with Crippen LogP contribution in [0.15, 0.2) is 0 Å². The highest BCUT2D eigenvalue weighted by atomic mass is 16.4. The van der Waals surface area contributed by atoms with Crippen LogP contribution < -0.4 is 49.5 Å². The Morgan fingerprint density at radius 1 is 0.457 bits per heavy atom. The molecule has 0 saturated heterocycles. The van der Waals surface area contributed by atoms with E-state index in [1.54, 1.807) is 0 Å². The number of amides is 5. The van der Waals surface area contributed by atoms with Crippen LogP contribution in [-0.4, -0.2) is 132 Å². The predicted octanol–water partition coefficient (Wildman–Crippen LogP) is -5.81. The van der Waals surface area contributed by atoms with Crippen molar-refractivity contribution in [3.05, 3.63) is 0 Å². The number of carboxylic acid groups (broad SMARTS) is 1. The highest BCUT2D eigenvalue weighted by molar-refractivity contribution is 5.96. The van der Waals surface area contributed by atoms with E-state index < -0.39 is 91.6 Å². The van der Waals surface area contributed by atoms with E-state index in [-0.39, 0.29) is 25.9 Å². The van der Waals surface area contributed by atoms with Gasteiger partial charge in [0.2, 0.25) is 29.5 Å². The Labute approximate surface area is 267 Å². The molecule has 17 N–H and O–H groups in total. The van der Waals surface area contributed by atoms with Gasteiger partial charge in [-0.05, 0) is 71.0 Å². The van der Waals surface area contributed by atoms with E-state index in [4.69, 9.17) is 28.0 Å². The van der Waals surface area contributed by atoms with Crippen LogP contribution in [0.1, 0.15) is 57.8 Å². The van der Waals surface area contributed by atoms with Crippen molar-refractivity contribution in [2.24, 2.45) is 22.9 Å². The lowest BCUT2D eigenvalue weighted by Gasteiger charge is -2.26. The van der Waals surface area contributed by atoms with Crippen molar-refractivity contribution in [1.82, 2.24) is 26.6 Å². The number of hydrogen-bond donors (Lipinski definition) is 13. The lowest BCUT2D eigenvalue weighted by Crippen LogP contribution is -2.60. The Balaban J connectivity index is 5.67. The number of carbonyl (C=O) groups is 6. The van der Waals surface area contributed by atoms with Gasteiger partial charge in [-0.1, -0.05) is 6.42 Å². The fraction of sp³-hybridized carbons (Fsp3) is 0.778. The van der Waals surface area contributed by atoms with E-state index in [1.807, 2.05) is 0 Å². The highest BCUT2D eigenvalue weighted by Gasteiger charge is 2.32. The third kappa shape index (κ3) is 16.7. The molecule has 0 rings (SSSR count). The van der Waals surface area contributed by atoms with Crippen molar-refractivity contribution >= 4 is 35.5 Å². The number of aliphatic hydroxyl groups excluding tert-OH is 3. The van der Waals surface area contributed by atoms with Crippen LogP contribution in [0.5, 0.6) is 0 Å². The maximum Gasteiger partial charge on any atom is 0.328 e. The summed E-state index contributed by atoms with van der Waals surface area (Å²) in [6.45, 7) is -1.63. The Kier molecular flexibility index (Phi) is 22.9. The fourth-order valence-corrected chi connectivity index (χ4v) is 4.10. The molecule has 46 heavy (non-hydrogen) atoms. The summed E-state index contributed by atoms with van der Waals surface area (Å²) in [4.78, 5) is 75.6. The molecule has 0 radical (unpaired) electrons. The summed E-state index contributed by atoms with van der Waals surface area (Å²) in [6, 6.07) is -8.22. The van der Waals surface area contributed by atoms with Crippen LogP contribution in [-0.2, 0) is 28.8 Å². The zero-order valence-corrected chi connectivity index (χ0v) is 26.1. The summed E-state index contributed by atoms with van der Waals surface area (Å²) in [7, 11) is 0. The van der Waals surface area contributed by atoms with Gasteiger partial charge in [0.05, 0.1) is 25.9 Å². The zero-order chi connectivity index (χ0) is 35.1. The first-order chi connectivity index (χ1) is 21.9. The first-order valence-corrected chi connectivity index (χ1v) is 15.3. The smallest absolute Gasteiger partial charge is 0.328 e. The van der Waals surface area contributed by atoms with E-state index in [2.05, 4.69) is 26.6 Å². The lowest BCUT2D eigenvalue weighted by atomic mass is 10.1. The summed E-state index contributed by atoms with van der Waals surface area (Å²) in [5, 5.41) is 49.6. The van der Waals surface area contributed by atoms with Gasteiger partial charge in [-0.2, -0.15) is 0 Å². The summed E-state index contributed by atoms with van der Waals surface area (Å²) in [5.41, 5.74) is 22.3. The number of hydrogen-bond acceptors (Lipinski definition) is 13. The zero-order valence-electron chi connectivity index (χ0n) is 26.1. The summed E-state index contributed by atoms with van der Waals surface area (Å²) in [5.74, 6) is -5.90. The average Bonchev–Trinajstić information content (AvgIpc) is 3.03. The van der Waals surface area contributed by atoms with Gasteiger partial charge in [0, 0.05) is 0 Å². The lowest BCUT2D eigenvalue weighted by molar-refractivity contribution is -0.143. The number of aliphatic carboxylic acids is 1. The third-order valence-corrected chi connectivity index (χ3v) is 6.89. The van der Waals surface area contributed by atoms with E-state index in [9.17, 15) is 44.1 Å². The van der Waals surface area contributed by atoms with E-state index in [1.165, 1.54) is 0 Å².